The summed E-state index contributed by atoms with van der Waals surface area (Å²) >= 11 is 0. The summed E-state index contributed by atoms with van der Waals surface area (Å²) in [6.07, 6.45) is 3.09. The van der Waals surface area contributed by atoms with E-state index in [2.05, 4.69) is 39.7 Å². The molecule has 3 aromatic rings. The standard InChI is InChI=1S/C20H21N5O/c26-20(19-21-23-25(22-19)18-9-5-2-6-10-18)24-13-11-17(12-14-24)15-16-7-3-1-4-8-16/h1-10,17H,11-15H2. The van der Waals surface area contributed by atoms with Crippen molar-refractivity contribution in [2.45, 2.75) is 19.3 Å². The lowest BCUT2D eigenvalue weighted by Gasteiger charge is -2.31. The van der Waals surface area contributed by atoms with Gasteiger partial charge in [0, 0.05) is 13.1 Å². The first kappa shape index (κ1) is 16.4. The number of tetrazole rings is 1. The van der Waals surface area contributed by atoms with Crippen molar-refractivity contribution in [3.8, 4) is 5.69 Å². The summed E-state index contributed by atoms with van der Waals surface area (Å²) in [5.41, 5.74) is 2.16. The number of rotatable bonds is 4. The Kier molecular flexibility index (Phi) is 4.73. The van der Waals surface area contributed by atoms with E-state index in [4.69, 9.17) is 0 Å². The zero-order chi connectivity index (χ0) is 17.8. The molecule has 1 amide bonds. The van der Waals surface area contributed by atoms with E-state index in [1.54, 1.807) is 0 Å². The van der Waals surface area contributed by atoms with Crippen LogP contribution in [0.15, 0.2) is 60.7 Å². The molecule has 0 aliphatic carbocycles. The minimum Gasteiger partial charge on any atom is -0.336 e. The Morgan fingerprint density at radius 1 is 0.962 bits per heavy atom. The first-order valence-electron chi connectivity index (χ1n) is 8.98. The summed E-state index contributed by atoms with van der Waals surface area (Å²) in [4.78, 5) is 15.9. The van der Waals surface area contributed by atoms with Gasteiger partial charge < -0.3 is 4.90 Å². The molecule has 1 aromatic heterocycles. The second kappa shape index (κ2) is 7.47. The van der Waals surface area contributed by atoms with Crippen molar-refractivity contribution in [1.29, 1.82) is 0 Å². The normalized spacial score (nSPS) is 15.2. The number of likely N-dealkylation sites (tertiary alicyclic amines) is 1. The van der Waals surface area contributed by atoms with Crippen LogP contribution in [0.4, 0.5) is 0 Å². The lowest BCUT2D eigenvalue weighted by molar-refractivity contribution is 0.0678. The van der Waals surface area contributed by atoms with Crippen molar-refractivity contribution in [3.05, 3.63) is 72.1 Å². The quantitative estimate of drug-likeness (QED) is 0.728. The highest BCUT2D eigenvalue weighted by molar-refractivity contribution is 5.90. The number of para-hydroxylation sites is 1. The molecule has 132 valence electrons. The highest BCUT2D eigenvalue weighted by Crippen LogP contribution is 2.22. The molecule has 0 bridgehead atoms. The van der Waals surface area contributed by atoms with Gasteiger partial charge in [0.15, 0.2) is 0 Å². The van der Waals surface area contributed by atoms with Crippen LogP contribution in [0.2, 0.25) is 0 Å². The van der Waals surface area contributed by atoms with Gasteiger partial charge in [-0.05, 0) is 48.1 Å². The molecule has 1 fully saturated rings. The molecule has 6 heteroatoms. The molecular formula is C20H21N5O. The van der Waals surface area contributed by atoms with Gasteiger partial charge in [-0.2, -0.15) is 0 Å². The molecule has 2 heterocycles. The maximum Gasteiger partial charge on any atom is 0.295 e. The number of aromatic nitrogens is 4. The van der Waals surface area contributed by atoms with E-state index in [-0.39, 0.29) is 11.7 Å². The maximum absolute atomic E-state index is 12.7. The zero-order valence-electron chi connectivity index (χ0n) is 14.5. The van der Waals surface area contributed by atoms with Gasteiger partial charge in [-0.15, -0.1) is 15.0 Å². The van der Waals surface area contributed by atoms with Crippen LogP contribution in [0, 0.1) is 5.92 Å². The van der Waals surface area contributed by atoms with E-state index in [1.807, 2.05) is 41.3 Å². The second-order valence-electron chi connectivity index (χ2n) is 6.66. The van der Waals surface area contributed by atoms with Crippen LogP contribution >= 0.6 is 0 Å². The van der Waals surface area contributed by atoms with E-state index < -0.39 is 0 Å². The monoisotopic (exact) mass is 347 g/mol. The lowest BCUT2D eigenvalue weighted by Crippen LogP contribution is -2.39. The Morgan fingerprint density at radius 3 is 2.31 bits per heavy atom. The van der Waals surface area contributed by atoms with Gasteiger partial charge in [-0.25, -0.2) is 0 Å². The first-order chi connectivity index (χ1) is 12.8. The third-order valence-corrected chi connectivity index (χ3v) is 4.86. The number of hydrogen-bond donors (Lipinski definition) is 0. The smallest absolute Gasteiger partial charge is 0.295 e. The van der Waals surface area contributed by atoms with E-state index in [9.17, 15) is 4.79 Å². The molecule has 0 N–H and O–H groups in total. The first-order valence-corrected chi connectivity index (χ1v) is 8.98. The highest BCUT2D eigenvalue weighted by Gasteiger charge is 2.26. The van der Waals surface area contributed by atoms with Crippen molar-refractivity contribution in [3.63, 3.8) is 0 Å². The zero-order valence-corrected chi connectivity index (χ0v) is 14.5. The minimum absolute atomic E-state index is 0.134. The second-order valence-corrected chi connectivity index (χ2v) is 6.66. The molecule has 0 radical (unpaired) electrons. The number of carbonyl (C=O) groups is 1. The predicted octanol–water partition coefficient (Wildman–Crippen LogP) is 2.76. The van der Waals surface area contributed by atoms with Crippen LogP contribution in [0.1, 0.15) is 29.0 Å². The van der Waals surface area contributed by atoms with Gasteiger partial charge in [0.2, 0.25) is 0 Å². The van der Waals surface area contributed by atoms with Gasteiger partial charge >= 0.3 is 0 Å². The molecule has 0 saturated carbocycles. The van der Waals surface area contributed by atoms with Crippen LogP contribution < -0.4 is 0 Å². The molecule has 4 rings (SSSR count). The summed E-state index contributed by atoms with van der Waals surface area (Å²) in [6, 6.07) is 20.0. The van der Waals surface area contributed by atoms with Crippen molar-refractivity contribution >= 4 is 5.91 Å². The van der Waals surface area contributed by atoms with Crippen molar-refractivity contribution in [2.75, 3.05) is 13.1 Å². The molecule has 0 spiro atoms. The fraction of sp³-hybridized carbons (Fsp3) is 0.300. The van der Waals surface area contributed by atoms with Crippen LogP contribution in [0.25, 0.3) is 5.69 Å². The molecule has 2 aromatic carbocycles. The third kappa shape index (κ3) is 3.64. The largest absolute Gasteiger partial charge is 0.336 e. The van der Waals surface area contributed by atoms with Crippen LogP contribution in [0.3, 0.4) is 0 Å². The number of nitrogens with zero attached hydrogens (tertiary/aromatic N) is 5. The van der Waals surface area contributed by atoms with Crippen LogP contribution in [0.5, 0.6) is 0 Å². The highest BCUT2D eigenvalue weighted by atomic mass is 16.2. The van der Waals surface area contributed by atoms with Crippen molar-refractivity contribution in [2.24, 2.45) is 5.92 Å². The van der Waals surface area contributed by atoms with Crippen LogP contribution in [-0.2, 0) is 6.42 Å². The summed E-state index contributed by atoms with van der Waals surface area (Å²) in [7, 11) is 0. The molecule has 26 heavy (non-hydrogen) atoms. The summed E-state index contributed by atoms with van der Waals surface area (Å²) in [5, 5.41) is 12.2. The molecule has 1 aliphatic heterocycles. The summed E-state index contributed by atoms with van der Waals surface area (Å²) in [5.74, 6) is 0.648. The van der Waals surface area contributed by atoms with E-state index >= 15 is 0 Å². The molecule has 0 unspecified atom stereocenters. The lowest BCUT2D eigenvalue weighted by atomic mass is 9.90. The number of benzene rings is 2. The Balaban J connectivity index is 1.36. The van der Waals surface area contributed by atoms with Gasteiger partial charge in [0.05, 0.1) is 5.69 Å². The molecule has 1 aliphatic rings. The average molecular weight is 347 g/mol. The van der Waals surface area contributed by atoms with Gasteiger partial charge in [-0.1, -0.05) is 48.5 Å². The molecule has 0 atom stereocenters. The predicted molar refractivity (Wildman–Crippen MR) is 97.9 cm³/mol. The molecular weight excluding hydrogens is 326 g/mol. The number of piperidine rings is 1. The maximum atomic E-state index is 12.7. The van der Waals surface area contributed by atoms with E-state index in [0.717, 1.165) is 38.0 Å². The number of amides is 1. The van der Waals surface area contributed by atoms with Gasteiger partial charge in [0.1, 0.15) is 0 Å². The van der Waals surface area contributed by atoms with Crippen molar-refractivity contribution < 1.29 is 4.79 Å². The molecule has 6 nitrogen and oxygen atoms in total. The fourth-order valence-electron chi connectivity index (χ4n) is 3.40. The number of carbonyl (C=O) groups excluding carboxylic acids is 1. The Hall–Kier alpha value is -3.02. The van der Waals surface area contributed by atoms with E-state index in [1.165, 1.54) is 10.4 Å². The Labute approximate surface area is 152 Å². The molecule has 1 saturated heterocycles. The topological polar surface area (TPSA) is 63.9 Å². The SMILES string of the molecule is O=C(c1nnn(-c2ccccc2)n1)N1CCC(Cc2ccccc2)CC1. The summed E-state index contributed by atoms with van der Waals surface area (Å²) < 4.78 is 0. The average Bonchev–Trinajstić information content (AvgIpc) is 3.20. The van der Waals surface area contributed by atoms with Crippen molar-refractivity contribution in [1.82, 2.24) is 25.1 Å². The van der Waals surface area contributed by atoms with Gasteiger partial charge in [0.25, 0.3) is 11.7 Å². The summed E-state index contributed by atoms with van der Waals surface area (Å²) in [6.45, 7) is 1.49. The van der Waals surface area contributed by atoms with E-state index in [0.29, 0.717) is 5.92 Å². The van der Waals surface area contributed by atoms with Gasteiger partial charge in [-0.3, -0.25) is 4.79 Å². The Morgan fingerprint density at radius 2 is 1.62 bits per heavy atom. The number of hydrogen-bond acceptors (Lipinski definition) is 4. The third-order valence-electron chi connectivity index (χ3n) is 4.86. The fourth-order valence-corrected chi connectivity index (χ4v) is 3.40. The minimum atomic E-state index is -0.134. The Bertz CT molecular complexity index is 854. The van der Waals surface area contributed by atoms with Crippen LogP contribution in [-0.4, -0.2) is 44.1 Å².